The fraction of sp³-hybridized carbons (Fsp3) is 0.611. The van der Waals surface area contributed by atoms with Crippen molar-refractivity contribution in [3.8, 4) is 0 Å². The molecule has 6 heteroatoms. The van der Waals surface area contributed by atoms with Gasteiger partial charge in [0.15, 0.2) is 0 Å². The maximum Gasteiger partial charge on any atom is 0.317 e. The number of rotatable bonds is 6. The highest BCUT2D eigenvalue weighted by molar-refractivity contribution is 5.76. The molecule has 1 aliphatic heterocycles. The van der Waals surface area contributed by atoms with Crippen LogP contribution in [0.5, 0.6) is 0 Å². The van der Waals surface area contributed by atoms with E-state index in [4.69, 9.17) is 0 Å². The number of aromatic nitrogens is 1. The lowest BCUT2D eigenvalue weighted by molar-refractivity contribution is -0.143. The molecule has 132 valence electrons. The molecule has 24 heavy (non-hydrogen) atoms. The quantitative estimate of drug-likeness (QED) is 0.838. The molecule has 1 aromatic rings. The van der Waals surface area contributed by atoms with Crippen LogP contribution in [0.2, 0.25) is 0 Å². The number of carboxylic acid groups (broad SMARTS) is 1. The lowest BCUT2D eigenvalue weighted by atomic mass is 9.91. The van der Waals surface area contributed by atoms with Gasteiger partial charge in [0.05, 0.1) is 5.92 Å². The number of hydrogen-bond acceptors (Lipinski definition) is 3. The van der Waals surface area contributed by atoms with Crippen LogP contribution in [0.1, 0.15) is 38.7 Å². The van der Waals surface area contributed by atoms with Crippen LogP contribution >= 0.6 is 0 Å². The molecule has 1 aliphatic rings. The van der Waals surface area contributed by atoms with E-state index in [1.54, 1.807) is 11.1 Å². The van der Waals surface area contributed by atoms with Gasteiger partial charge in [-0.25, -0.2) is 4.79 Å². The van der Waals surface area contributed by atoms with E-state index in [9.17, 15) is 14.7 Å². The van der Waals surface area contributed by atoms with Crippen molar-refractivity contribution in [3.05, 3.63) is 30.1 Å². The lowest BCUT2D eigenvalue weighted by Crippen LogP contribution is -2.51. The minimum absolute atomic E-state index is 0.0645. The zero-order valence-corrected chi connectivity index (χ0v) is 14.4. The van der Waals surface area contributed by atoms with E-state index < -0.39 is 11.9 Å². The van der Waals surface area contributed by atoms with Gasteiger partial charge in [0, 0.05) is 31.5 Å². The Labute approximate surface area is 143 Å². The first-order valence-electron chi connectivity index (χ1n) is 8.63. The lowest BCUT2D eigenvalue weighted by Gasteiger charge is -2.35. The zero-order valence-electron chi connectivity index (χ0n) is 14.4. The summed E-state index contributed by atoms with van der Waals surface area (Å²) in [6, 6.07) is 3.89. The molecule has 0 saturated carbocycles. The predicted molar refractivity (Wildman–Crippen MR) is 91.6 cm³/mol. The molecule has 0 aliphatic carbocycles. The Bertz CT molecular complexity index is 550. The van der Waals surface area contributed by atoms with E-state index in [0.29, 0.717) is 19.5 Å². The van der Waals surface area contributed by atoms with E-state index in [0.717, 1.165) is 19.3 Å². The Morgan fingerprint density at radius 2 is 2.25 bits per heavy atom. The van der Waals surface area contributed by atoms with Crippen LogP contribution in [0.3, 0.4) is 0 Å². The van der Waals surface area contributed by atoms with E-state index in [1.165, 1.54) is 5.56 Å². The van der Waals surface area contributed by atoms with E-state index in [2.05, 4.69) is 16.4 Å². The van der Waals surface area contributed by atoms with E-state index in [-0.39, 0.29) is 18.0 Å². The van der Waals surface area contributed by atoms with Gasteiger partial charge < -0.3 is 15.3 Å². The third-order valence-electron chi connectivity index (χ3n) is 4.49. The third-order valence-corrected chi connectivity index (χ3v) is 4.49. The number of nitrogens with zero attached hydrogens (tertiary/aromatic N) is 2. The molecule has 0 spiro atoms. The summed E-state index contributed by atoms with van der Waals surface area (Å²) < 4.78 is 0. The smallest absolute Gasteiger partial charge is 0.317 e. The average Bonchev–Trinajstić information content (AvgIpc) is 2.55. The number of likely N-dealkylation sites (tertiary alicyclic amines) is 1. The number of aliphatic carboxylic acids is 1. The number of hydrogen-bond donors (Lipinski definition) is 2. The summed E-state index contributed by atoms with van der Waals surface area (Å²) in [4.78, 5) is 29.3. The van der Waals surface area contributed by atoms with Crippen LogP contribution in [0.15, 0.2) is 24.5 Å². The molecule has 1 fully saturated rings. The van der Waals surface area contributed by atoms with Crippen LogP contribution in [0, 0.1) is 11.8 Å². The molecule has 6 nitrogen and oxygen atoms in total. The standard InChI is InChI=1S/C18H27N3O3/c1-13-9-16(17(22)23)12-21(11-13)18(24)20-14(2)5-3-6-15-7-4-8-19-10-15/h4,7-8,10,13-14,16H,3,5-6,9,11-12H2,1-2H3,(H,20,24)(H,22,23). The SMILES string of the molecule is CC1CC(C(=O)O)CN(C(=O)NC(C)CCCc2cccnc2)C1. The van der Waals surface area contributed by atoms with Gasteiger partial charge in [0.1, 0.15) is 0 Å². The summed E-state index contributed by atoms with van der Waals surface area (Å²) in [7, 11) is 0. The second-order valence-electron chi connectivity index (χ2n) is 6.89. The van der Waals surface area contributed by atoms with Crippen LogP contribution in [-0.4, -0.2) is 46.1 Å². The predicted octanol–water partition coefficient (Wildman–Crippen LogP) is 2.55. The molecule has 2 rings (SSSR count). The molecule has 2 amide bonds. The Kier molecular flexibility index (Phi) is 6.58. The average molecular weight is 333 g/mol. The van der Waals surface area contributed by atoms with Crippen molar-refractivity contribution >= 4 is 12.0 Å². The van der Waals surface area contributed by atoms with E-state index in [1.807, 2.05) is 26.1 Å². The monoisotopic (exact) mass is 333 g/mol. The Hall–Kier alpha value is -2.11. The molecule has 2 heterocycles. The molecule has 0 radical (unpaired) electrons. The number of carboxylic acids is 1. The van der Waals surface area contributed by atoms with Crippen LogP contribution in [0.4, 0.5) is 4.79 Å². The van der Waals surface area contributed by atoms with Crippen molar-refractivity contribution in [1.29, 1.82) is 0 Å². The molecular formula is C18H27N3O3. The molecule has 1 saturated heterocycles. The van der Waals surface area contributed by atoms with Crippen molar-refractivity contribution in [1.82, 2.24) is 15.2 Å². The number of piperidine rings is 1. The van der Waals surface area contributed by atoms with Crippen LogP contribution in [0.25, 0.3) is 0 Å². The molecular weight excluding hydrogens is 306 g/mol. The van der Waals surface area contributed by atoms with Gasteiger partial charge >= 0.3 is 12.0 Å². The van der Waals surface area contributed by atoms with Gasteiger partial charge in [-0.1, -0.05) is 13.0 Å². The minimum atomic E-state index is -0.816. The van der Waals surface area contributed by atoms with E-state index >= 15 is 0 Å². The summed E-state index contributed by atoms with van der Waals surface area (Å²) in [5.41, 5.74) is 1.20. The summed E-state index contributed by atoms with van der Waals surface area (Å²) in [6.45, 7) is 4.90. The van der Waals surface area contributed by atoms with Crippen molar-refractivity contribution in [3.63, 3.8) is 0 Å². The summed E-state index contributed by atoms with van der Waals surface area (Å²) in [5.74, 6) is -1.06. The minimum Gasteiger partial charge on any atom is -0.481 e. The fourth-order valence-electron chi connectivity index (χ4n) is 3.23. The van der Waals surface area contributed by atoms with Crippen LogP contribution < -0.4 is 5.32 Å². The van der Waals surface area contributed by atoms with Crippen molar-refractivity contribution in [2.75, 3.05) is 13.1 Å². The highest BCUT2D eigenvalue weighted by Crippen LogP contribution is 2.22. The first kappa shape index (κ1) is 18.2. The summed E-state index contributed by atoms with van der Waals surface area (Å²) in [6.07, 6.45) is 7.06. The second-order valence-corrected chi connectivity index (χ2v) is 6.89. The van der Waals surface area contributed by atoms with Gasteiger partial charge in [0.2, 0.25) is 0 Å². The normalized spacial score (nSPS) is 22.0. The molecule has 1 aromatic heterocycles. The number of amides is 2. The Morgan fingerprint density at radius 3 is 2.92 bits per heavy atom. The number of urea groups is 1. The van der Waals surface area contributed by atoms with Gasteiger partial charge in [-0.2, -0.15) is 0 Å². The first-order valence-corrected chi connectivity index (χ1v) is 8.63. The van der Waals surface area contributed by atoms with Gasteiger partial charge in [-0.15, -0.1) is 0 Å². The zero-order chi connectivity index (χ0) is 17.5. The highest BCUT2D eigenvalue weighted by atomic mass is 16.4. The van der Waals surface area contributed by atoms with Crippen molar-refractivity contribution < 1.29 is 14.7 Å². The second kappa shape index (κ2) is 8.66. The fourth-order valence-corrected chi connectivity index (χ4v) is 3.23. The molecule has 0 bridgehead atoms. The van der Waals surface area contributed by atoms with Gasteiger partial charge in [0.25, 0.3) is 0 Å². The van der Waals surface area contributed by atoms with Gasteiger partial charge in [-0.05, 0) is 50.2 Å². The maximum atomic E-state index is 12.4. The first-order chi connectivity index (χ1) is 11.5. The molecule has 0 aromatic carbocycles. The number of carbonyl (C=O) groups excluding carboxylic acids is 1. The van der Waals surface area contributed by atoms with Crippen molar-refractivity contribution in [2.45, 2.75) is 45.6 Å². The number of carbonyl (C=O) groups is 2. The summed E-state index contributed by atoms with van der Waals surface area (Å²) in [5, 5.41) is 12.2. The third kappa shape index (κ3) is 5.51. The Balaban J connectivity index is 1.75. The largest absolute Gasteiger partial charge is 0.481 e. The maximum absolute atomic E-state index is 12.4. The van der Waals surface area contributed by atoms with Crippen molar-refractivity contribution in [2.24, 2.45) is 11.8 Å². The molecule has 3 unspecified atom stereocenters. The number of nitrogens with one attached hydrogen (secondary N) is 1. The summed E-state index contributed by atoms with van der Waals surface area (Å²) >= 11 is 0. The van der Waals surface area contributed by atoms with Crippen LogP contribution in [-0.2, 0) is 11.2 Å². The molecule has 3 atom stereocenters. The highest BCUT2D eigenvalue weighted by Gasteiger charge is 2.32. The number of pyridine rings is 1. The van der Waals surface area contributed by atoms with Gasteiger partial charge in [-0.3, -0.25) is 9.78 Å². The topological polar surface area (TPSA) is 82.5 Å². The molecule has 2 N–H and O–H groups in total. The number of aryl methyl sites for hydroxylation is 1. The Morgan fingerprint density at radius 1 is 1.46 bits per heavy atom.